The van der Waals surface area contributed by atoms with Crippen molar-refractivity contribution in [3.63, 3.8) is 0 Å². The quantitative estimate of drug-likeness (QED) is 0.415. The van der Waals surface area contributed by atoms with E-state index in [9.17, 15) is 14.6 Å². The number of phenolic OH excluding ortho intramolecular Hbond substituents is 1. The average Bonchev–Trinajstić information content (AvgIpc) is 2.88. The van der Waals surface area contributed by atoms with Gasteiger partial charge in [0, 0.05) is 24.0 Å². The molecule has 4 aromatic rings. The molecule has 1 aliphatic heterocycles. The highest BCUT2D eigenvalue weighted by Gasteiger charge is 2.28. The number of piperidine rings is 1. The van der Waals surface area contributed by atoms with E-state index in [2.05, 4.69) is 20.9 Å². The number of anilines is 1. The fourth-order valence-electron chi connectivity index (χ4n) is 4.65. The summed E-state index contributed by atoms with van der Waals surface area (Å²) in [5.74, 6) is 0.921. The van der Waals surface area contributed by atoms with E-state index in [4.69, 9.17) is 15.9 Å². The van der Waals surface area contributed by atoms with Gasteiger partial charge in [-0.1, -0.05) is 12.0 Å². The summed E-state index contributed by atoms with van der Waals surface area (Å²) in [6, 6.07) is 5.20. The van der Waals surface area contributed by atoms with E-state index >= 15 is 4.39 Å². The molecule has 10 heteroatoms. The highest BCUT2D eigenvalue weighted by molar-refractivity contribution is 6.04. The average molecular weight is 492 g/mol. The zero-order valence-electron chi connectivity index (χ0n) is 19.5. The summed E-state index contributed by atoms with van der Waals surface area (Å²) in [5, 5.41) is 21.4. The van der Waals surface area contributed by atoms with E-state index in [1.807, 2.05) is 0 Å². The number of nitrogens with zero attached hydrogens (tertiary/aromatic N) is 4. The minimum absolute atomic E-state index is 0.00858. The first kappa shape index (κ1) is 23.5. The molecule has 5 rings (SSSR count). The Balaban J connectivity index is 1.87. The molecular formula is C26H22F2N4O4. The van der Waals surface area contributed by atoms with Crippen molar-refractivity contribution in [2.75, 3.05) is 32.2 Å². The van der Waals surface area contributed by atoms with E-state index in [1.54, 1.807) is 4.90 Å². The van der Waals surface area contributed by atoms with Crippen molar-refractivity contribution in [1.29, 1.82) is 0 Å². The van der Waals surface area contributed by atoms with Gasteiger partial charge in [-0.25, -0.2) is 13.8 Å². The highest BCUT2D eigenvalue weighted by atomic mass is 19.1. The van der Waals surface area contributed by atoms with Crippen LogP contribution in [0.2, 0.25) is 0 Å². The summed E-state index contributed by atoms with van der Waals surface area (Å²) in [7, 11) is 2.73. The third-order valence-electron chi connectivity index (χ3n) is 6.24. The van der Waals surface area contributed by atoms with Crippen LogP contribution in [0.15, 0.2) is 24.3 Å². The molecule has 3 heterocycles. The van der Waals surface area contributed by atoms with Crippen LogP contribution in [-0.4, -0.2) is 58.6 Å². The number of aliphatic hydroxyl groups is 1. The van der Waals surface area contributed by atoms with Gasteiger partial charge >= 0.3 is 6.01 Å². The second-order valence-corrected chi connectivity index (χ2v) is 8.44. The number of aliphatic hydroxyl groups excluding tert-OH is 1. The molecule has 0 amide bonds. The Bertz CT molecular complexity index is 1550. The van der Waals surface area contributed by atoms with Gasteiger partial charge < -0.3 is 24.6 Å². The number of phenols is 1. The molecule has 0 bridgehead atoms. The number of aromatic hydroxyl groups is 1. The van der Waals surface area contributed by atoms with Crippen LogP contribution in [-0.2, 0) is 0 Å². The lowest BCUT2D eigenvalue weighted by atomic mass is 9.95. The van der Waals surface area contributed by atoms with Crippen molar-refractivity contribution < 1.29 is 28.5 Å². The molecule has 8 nitrogen and oxygen atoms in total. The molecule has 2 aromatic carbocycles. The second kappa shape index (κ2) is 9.09. The summed E-state index contributed by atoms with van der Waals surface area (Å²) >= 11 is 0. The van der Waals surface area contributed by atoms with Gasteiger partial charge in [0.15, 0.2) is 5.82 Å². The standard InChI is InChI=1S/C26H22F2N4O4/c1-4-16-18(27)8-7-13-10-15(34)11-17(19(13)16)22-21(28)23-20(25(29-22)35-2)24(31-26(30-23)36-3)32-9-5-6-14(33)12-32/h1,7-8,10-11,14,33-34H,5-6,9,12H2,2-3H3. The van der Waals surface area contributed by atoms with Crippen molar-refractivity contribution in [2.24, 2.45) is 0 Å². The number of benzene rings is 2. The van der Waals surface area contributed by atoms with Crippen molar-refractivity contribution >= 4 is 27.5 Å². The van der Waals surface area contributed by atoms with Crippen molar-refractivity contribution in [3.8, 4) is 41.2 Å². The van der Waals surface area contributed by atoms with Gasteiger partial charge in [-0.3, -0.25) is 0 Å². The molecular weight excluding hydrogens is 470 g/mol. The van der Waals surface area contributed by atoms with Crippen LogP contribution < -0.4 is 14.4 Å². The van der Waals surface area contributed by atoms with Crippen LogP contribution in [0.1, 0.15) is 18.4 Å². The fraction of sp³-hybridized carbons (Fsp3) is 0.269. The minimum Gasteiger partial charge on any atom is -0.508 e. The first-order valence-corrected chi connectivity index (χ1v) is 11.2. The Morgan fingerprint density at radius 1 is 1.11 bits per heavy atom. The van der Waals surface area contributed by atoms with Gasteiger partial charge in [0.25, 0.3) is 0 Å². The lowest BCUT2D eigenvalue weighted by molar-refractivity contribution is 0.154. The molecule has 2 aromatic heterocycles. The van der Waals surface area contributed by atoms with Crippen LogP contribution in [0.5, 0.6) is 17.6 Å². The van der Waals surface area contributed by atoms with Gasteiger partial charge in [0.05, 0.1) is 25.9 Å². The molecule has 0 aliphatic carbocycles. The minimum atomic E-state index is -0.857. The molecule has 0 spiro atoms. The Morgan fingerprint density at radius 3 is 2.61 bits per heavy atom. The summed E-state index contributed by atoms with van der Waals surface area (Å²) in [4.78, 5) is 14.9. The number of fused-ring (bicyclic) bond motifs is 2. The maximum Gasteiger partial charge on any atom is 0.318 e. The van der Waals surface area contributed by atoms with Gasteiger partial charge in [0.2, 0.25) is 5.88 Å². The van der Waals surface area contributed by atoms with Gasteiger partial charge in [-0.05, 0) is 36.4 Å². The number of β-amino-alcohol motifs (C(OH)–C–C–N with tert-alkyl or cyclic N) is 1. The summed E-state index contributed by atoms with van der Waals surface area (Å²) in [6.07, 6.45) is 6.36. The second-order valence-electron chi connectivity index (χ2n) is 8.44. The van der Waals surface area contributed by atoms with Crippen LogP contribution in [0, 0.1) is 24.0 Å². The fourth-order valence-corrected chi connectivity index (χ4v) is 4.65. The van der Waals surface area contributed by atoms with Crippen molar-refractivity contribution in [2.45, 2.75) is 18.9 Å². The van der Waals surface area contributed by atoms with Crippen molar-refractivity contribution in [3.05, 3.63) is 41.5 Å². The molecule has 184 valence electrons. The molecule has 1 aliphatic rings. The lowest BCUT2D eigenvalue weighted by Crippen LogP contribution is -2.39. The first-order valence-electron chi connectivity index (χ1n) is 11.2. The maximum atomic E-state index is 16.2. The Hall–Kier alpha value is -4.23. The van der Waals surface area contributed by atoms with E-state index in [1.165, 1.54) is 38.5 Å². The lowest BCUT2D eigenvalue weighted by Gasteiger charge is -2.32. The largest absolute Gasteiger partial charge is 0.508 e. The summed E-state index contributed by atoms with van der Waals surface area (Å²) < 4.78 is 41.6. The third-order valence-corrected chi connectivity index (χ3v) is 6.24. The number of rotatable bonds is 4. The van der Waals surface area contributed by atoms with Crippen molar-refractivity contribution in [1.82, 2.24) is 15.0 Å². The highest BCUT2D eigenvalue weighted by Crippen LogP contribution is 2.42. The van der Waals surface area contributed by atoms with Crippen LogP contribution in [0.3, 0.4) is 0 Å². The number of hydrogen-bond acceptors (Lipinski definition) is 8. The number of hydrogen-bond donors (Lipinski definition) is 2. The zero-order chi connectivity index (χ0) is 25.6. The number of ether oxygens (including phenoxy) is 2. The number of pyridine rings is 1. The smallest absolute Gasteiger partial charge is 0.318 e. The van der Waals surface area contributed by atoms with E-state index < -0.39 is 17.7 Å². The number of halogens is 2. The molecule has 36 heavy (non-hydrogen) atoms. The Labute approximate surface area is 205 Å². The molecule has 1 saturated heterocycles. The summed E-state index contributed by atoms with van der Waals surface area (Å²) in [6.45, 7) is 0.852. The molecule has 1 atom stereocenters. The van der Waals surface area contributed by atoms with Gasteiger partial charge in [-0.15, -0.1) is 6.42 Å². The maximum absolute atomic E-state index is 16.2. The Kier molecular flexibility index (Phi) is 5.94. The topological polar surface area (TPSA) is 101 Å². The number of methoxy groups -OCH3 is 2. The predicted molar refractivity (Wildman–Crippen MR) is 130 cm³/mol. The van der Waals surface area contributed by atoms with E-state index in [0.29, 0.717) is 30.6 Å². The third kappa shape index (κ3) is 3.78. The predicted octanol–water partition coefficient (Wildman–Crippen LogP) is 3.79. The summed E-state index contributed by atoms with van der Waals surface area (Å²) in [5.41, 5.74) is -0.407. The van der Waals surface area contributed by atoms with Crippen LogP contribution in [0.25, 0.3) is 32.9 Å². The number of terminal acetylenes is 1. The zero-order valence-corrected chi connectivity index (χ0v) is 19.5. The normalized spacial score (nSPS) is 15.8. The first-order chi connectivity index (χ1) is 17.4. The Morgan fingerprint density at radius 2 is 1.92 bits per heavy atom. The molecule has 1 fully saturated rings. The monoisotopic (exact) mass is 492 g/mol. The van der Waals surface area contributed by atoms with Crippen LogP contribution >= 0.6 is 0 Å². The molecule has 2 N–H and O–H groups in total. The molecule has 1 unspecified atom stereocenters. The van der Waals surface area contributed by atoms with E-state index in [0.717, 1.165) is 0 Å². The number of aromatic nitrogens is 3. The molecule has 0 saturated carbocycles. The molecule has 0 radical (unpaired) electrons. The van der Waals surface area contributed by atoms with Crippen LogP contribution in [0.4, 0.5) is 14.6 Å². The van der Waals surface area contributed by atoms with E-state index in [-0.39, 0.29) is 57.3 Å². The van der Waals surface area contributed by atoms with Gasteiger partial charge in [-0.2, -0.15) is 9.97 Å². The SMILES string of the molecule is C#Cc1c(F)ccc2cc(O)cc(-c3nc(OC)c4c(N5CCCC(O)C5)nc(OC)nc4c3F)c12. The van der Waals surface area contributed by atoms with Gasteiger partial charge in [0.1, 0.15) is 34.0 Å².